The van der Waals surface area contributed by atoms with Crippen LogP contribution in [0.5, 0.6) is 0 Å². The lowest BCUT2D eigenvalue weighted by Crippen LogP contribution is -2.11. The lowest BCUT2D eigenvalue weighted by Gasteiger charge is -2.02. The fraction of sp³-hybridized carbons (Fsp3) is 0. The van der Waals surface area contributed by atoms with E-state index in [2.05, 4.69) is 19.6 Å². The molecule has 26 heavy (non-hydrogen) atoms. The van der Waals surface area contributed by atoms with Crippen LogP contribution in [0.4, 0.5) is 9.59 Å². The van der Waals surface area contributed by atoms with E-state index >= 15 is 0 Å². The zero-order valence-electron chi connectivity index (χ0n) is 12.9. The van der Waals surface area contributed by atoms with Gasteiger partial charge < -0.3 is 10.2 Å². The maximum Gasteiger partial charge on any atom is 0.547 e. The lowest BCUT2D eigenvalue weighted by molar-refractivity contribution is -0.208. The van der Waals surface area contributed by atoms with Crippen molar-refractivity contribution in [1.29, 1.82) is 0 Å². The summed E-state index contributed by atoms with van der Waals surface area (Å²) >= 11 is 0. The molecule has 0 aliphatic carbocycles. The SMILES string of the molecule is O=C(O)OOC(=O)O.O=C(OOC(=O)c1ccccc1)c1ccccc1. The van der Waals surface area contributed by atoms with E-state index in [9.17, 15) is 19.2 Å². The number of rotatable bonds is 2. The molecular weight excluding hydrogens is 352 g/mol. The third-order valence-corrected chi connectivity index (χ3v) is 2.40. The third-order valence-electron chi connectivity index (χ3n) is 2.40. The Hall–Kier alpha value is -4.08. The minimum absolute atomic E-state index is 0.318. The first-order valence-electron chi connectivity index (χ1n) is 6.73. The van der Waals surface area contributed by atoms with Crippen molar-refractivity contribution >= 4 is 24.2 Å². The van der Waals surface area contributed by atoms with Gasteiger partial charge >= 0.3 is 24.2 Å². The van der Waals surface area contributed by atoms with Crippen molar-refractivity contribution in [2.45, 2.75) is 0 Å². The van der Waals surface area contributed by atoms with Crippen molar-refractivity contribution in [3.63, 3.8) is 0 Å². The van der Waals surface area contributed by atoms with Gasteiger partial charge in [0.05, 0.1) is 11.1 Å². The van der Waals surface area contributed by atoms with Crippen LogP contribution in [-0.4, -0.2) is 34.5 Å². The summed E-state index contributed by atoms with van der Waals surface area (Å²) in [5.41, 5.74) is 0.636. The second-order valence-electron chi connectivity index (χ2n) is 4.17. The number of hydrogen-bond acceptors (Lipinski definition) is 8. The molecule has 0 unspecified atom stereocenters. The number of carbonyl (C=O) groups excluding carboxylic acids is 2. The highest BCUT2D eigenvalue weighted by atomic mass is 17.2. The van der Waals surface area contributed by atoms with Gasteiger partial charge in [0.15, 0.2) is 0 Å². The summed E-state index contributed by atoms with van der Waals surface area (Å²) in [6.45, 7) is 0. The normalized spacial score (nSPS) is 8.92. The Kier molecular flexibility index (Phi) is 8.18. The average molecular weight is 364 g/mol. The van der Waals surface area contributed by atoms with Crippen LogP contribution in [0.1, 0.15) is 20.7 Å². The highest BCUT2D eigenvalue weighted by molar-refractivity contribution is 5.92. The molecule has 136 valence electrons. The quantitative estimate of drug-likeness (QED) is 0.602. The van der Waals surface area contributed by atoms with Gasteiger partial charge in [0.1, 0.15) is 0 Å². The first-order valence-corrected chi connectivity index (χ1v) is 6.73. The summed E-state index contributed by atoms with van der Waals surface area (Å²) in [6.07, 6.45) is -3.60. The highest BCUT2D eigenvalue weighted by Gasteiger charge is 2.13. The van der Waals surface area contributed by atoms with Crippen LogP contribution < -0.4 is 0 Å². The van der Waals surface area contributed by atoms with E-state index in [1.807, 2.05) is 0 Å². The molecule has 0 heterocycles. The molecule has 2 aromatic carbocycles. The smallest absolute Gasteiger partial charge is 0.447 e. The standard InChI is InChI=1S/C14H10O4.C2H2O6/c15-13(11-7-3-1-4-8-11)17-18-14(16)12-9-5-2-6-10-12;3-1(4)7-8-2(5)6/h1-10H;(H,3,4)(H,5,6). The van der Waals surface area contributed by atoms with Crippen LogP contribution in [0.25, 0.3) is 0 Å². The molecule has 0 spiro atoms. The van der Waals surface area contributed by atoms with Crippen LogP contribution in [0, 0.1) is 0 Å². The summed E-state index contributed by atoms with van der Waals surface area (Å²) in [5.74, 6) is -1.42. The summed E-state index contributed by atoms with van der Waals surface area (Å²) < 4.78 is 0. The molecular formula is C16H12O10. The Balaban J connectivity index is 0.000000359. The van der Waals surface area contributed by atoms with E-state index < -0.39 is 24.2 Å². The molecule has 2 aromatic rings. The van der Waals surface area contributed by atoms with Gasteiger partial charge in [-0.25, -0.2) is 38.7 Å². The van der Waals surface area contributed by atoms with E-state index in [0.29, 0.717) is 11.1 Å². The molecule has 10 nitrogen and oxygen atoms in total. The van der Waals surface area contributed by atoms with Crippen molar-refractivity contribution in [2.24, 2.45) is 0 Å². The zero-order chi connectivity index (χ0) is 19.4. The number of benzene rings is 2. The number of carboxylic acid groups (broad SMARTS) is 2. The van der Waals surface area contributed by atoms with Crippen molar-refractivity contribution in [1.82, 2.24) is 0 Å². The zero-order valence-corrected chi connectivity index (χ0v) is 12.9. The molecule has 0 saturated heterocycles. The molecule has 2 N–H and O–H groups in total. The highest BCUT2D eigenvalue weighted by Crippen LogP contribution is 2.05. The Morgan fingerprint density at radius 2 is 0.846 bits per heavy atom. The molecule has 2 rings (SSSR count). The second kappa shape index (κ2) is 10.6. The van der Waals surface area contributed by atoms with E-state index in [0.717, 1.165) is 0 Å². The van der Waals surface area contributed by atoms with Crippen molar-refractivity contribution < 1.29 is 48.9 Å². The largest absolute Gasteiger partial charge is 0.547 e. The molecule has 0 aromatic heterocycles. The monoisotopic (exact) mass is 364 g/mol. The fourth-order valence-corrected chi connectivity index (χ4v) is 1.39. The van der Waals surface area contributed by atoms with Gasteiger partial charge in [-0.1, -0.05) is 36.4 Å². The van der Waals surface area contributed by atoms with E-state index in [1.54, 1.807) is 60.7 Å². The predicted octanol–water partition coefficient (Wildman–Crippen LogP) is 2.91. The van der Waals surface area contributed by atoms with Gasteiger partial charge in [0, 0.05) is 0 Å². The van der Waals surface area contributed by atoms with E-state index in [4.69, 9.17) is 10.2 Å². The van der Waals surface area contributed by atoms with Crippen LogP contribution in [-0.2, 0) is 19.6 Å². The second-order valence-corrected chi connectivity index (χ2v) is 4.17. The number of carbonyl (C=O) groups is 4. The maximum atomic E-state index is 11.5. The molecule has 0 aliphatic rings. The van der Waals surface area contributed by atoms with E-state index in [1.165, 1.54) is 0 Å². The fourth-order valence-electron chi connectivity index (χ4n) is 1.39. The van der Waals surface area contributed by atoms with Crippen LogP contribution in [0.2, 0.25) is 0 Å². The Bertz CT molecular complexity index is 677. The molecule has 10 heteroatoms. The summed E-state index contributed by atoms with van der Waals surface area (Å²) in [5, 5.41) is 15.1. The minimum Gasteiger partial charge on any atom is -0.447 e. The molecule has 0 amide bonds. The van der Waals surface area contributed by atoms with Crippen molar-refractivity contribution in [3.05, 3.63) is 71.8 Å². The summed E-state index contributed by atoms with van der Waals surface area (Å²) in [4.78, 5) is 56.7. The maximum absolute atomic E-state index is 11.5. The van der Waals surface area contributed by atoms with Crippen LogP contribution in [0.15, 0.2) is 60.7 Å². The van der Waals surface area contributed by atoms with Crippen molar-refractivity contribution in [3.8, 4) is 0 Å². The topological polar surface area (TPSA) is 146 Å². The first-order chi connectivity index (χ1) is 12.4. The van der Waals surface area contributed by atoms with Crippen molar-refractivity contribution in [2.75, 3.05) is 0 Å². The Morgan fingerprint density at radius 1 is 0.538 bits per heavy atom. The van der Waals surface area contributed by atoms with E-state index in [-0.39, 0.29) is 0 Å². The molecule has 0 saturated carbocycles. The Morgan fingerprint density at radius 3 is 1.12 bits per heavy atom. The van der Waals surface area contributed by atoms with Crippen LogP contribution >= 0.6 is 0 Å². The lowest BCUT2D eigenvalue weighted by atomic mass is 10.2. The average Bonchev–Trinajstić information content (AvgIpc) is 2.66. The summed E-state index contributed by atoms with van der Waals surface area (Å²) in [6, 6.07) is 16.6. The van der Waals surface area contributed by atoms with Gasteiger partial charge in [-0.15, -0.1) is 0 Å². The molecule has 0 fully saturated rings. The summed E-state index contributed by atoms with van der Waals surface area (Å²) in [7, 11) is 0. The predicted molar refractivity (Wildman–Crippen MR) is 81.9 cm³/mol. The third kappa shape index (κ3) is 7.97. The molecule has 0 atom stereocenters. The molecule has 0 radical (unpaired) electrons. The van der Waals surface area contributed by atoms with Gasteiger partial charge in [-0.05, 0) is 24.3 Å². The van der Waals surface area contributed by atoms with Gasteiger partial charge in [-0.2, -0.15) is 0 Å². The van der Waals surface area contributed by atoms with Gasteiger partial charge in [0.25, 0.3) is 0 Å². The Labute approximate surface area is 146 Å². The van der Waals surface area contributed by atoms with Gasteiger partial charge in [0.2, 0.25) is 0 Å². The van der Waals surface area contributed by atoms with Crippen LogP contribution in [0.3, 0.4) is 0 Å². The van der Waals surface area contributed by atoms with Gasteiger partial charge in [-0.3, -0.25) is 0 Å². The molecule has 0 bridgehead atoms. The molecule has 0 aliphatic heterocycles. The first kappa shape index (κ1) is 20.0. The number of hydrogen-bond donors (Lipinski definition) is 2. The minimum atomic E-state index is -1.80.